The maximum Gasteiger partial charge on any atom is 0.257 e. The van der Waals surface area contributed by atoms with Crippen molar-refractivity contribution in [2.24, 2.45) is 0 Å². The molecule has 0 aromatic heterocycles. The highest BCUT2D eigenvalue weighted by Gasteiger charge is 2.12. The molecule has 0 aliphatic carbocycles. The molecule has 3 rings (SSSR count). The van der Waals surface area contributed by atoms with Gasteiger partial charge in [0.1, 0.15) is 11.5 Å². The third-order valence-electron chi connectivity index (χ3n) is 5.08. The summed E-state index contributed by atoms with van der Waals surface area (Å²) in [5, 5.41) is 6.00. The Hall–Kier alpha value is -3.38. The van der Waals surface area contributed by atoms with Gasteiger partial charge in [0.15, 0.2) is 5.11 Å². The maximum atomic E-state index is 12.7. The van der Waals surface area contributed by atoms with Crippen LogP contribution in [0.25, 0.3) is 0 Å². The maximum absolute atomic E-state index is 12.7. The highest BCUT2D eigenvalue weighted by atomic mass is 32.1. The van der Waals surface area contributed by atoms with Crippen molar-refractivity contribution in [2.45, 2.75) is 39.2 Å². The average molecular weight is 463 g/mol. The zero-order valence-electron chi connectivity index (χ0n) is 19.0. The summed E-state index contributed by atoms with van der Waals surface area (Å²) in [5.41, 5.74) is 2.47. The summed E-state index contributed by atoms with van der Waals surface area (Å²) in [6.07, 6.45) is 2.81. The third kappa shape index (κ3) is 7.91. The molecule has 0 heterocycles. The fraction of sp³-hybridized carbons (Fsp3) is 0.259. The van der Waals surface area contributed by atoms with Gasteiger partial charge in [0.05, 0.1) is 18.4 Å². The van der Waals surface area contributed by atoms with Gasteiger partial charge in [-0.2, -0.15) is 0 Å². The quantitative estimate of drug-likeness (QED) is 0.286. The van der Waals surface area contributed by atoms with Crippen LogP contribution in [0, 0.1) is 0 Å². The van der Waals surface area contributed by atoms with Crippen molar-refractivity contribution in [3.63, 3.8) is 0 Å². The van der Waals surface area contributed by atoms with Gasteiger partial charge in [0, 0.05) is 5.56 Å². The first-order valence-corrected chi connectivity index (χ1v) is 11.6. The molecule has 1 atom stereocenters. The van der Waals surface area contributed by atoms with Gasteiger partial charge in [-0.25, -0.2) is 0 Å². The third-order valence-corrected chi connectivity index (χ3v) is 5.29. The molecule has 2 N–H and O–H groups in total. The standard InChI is InChI=1S/C27H30N2O3S/c1-3-20(2)32-23-15-9-14-22(19-23)26(30)29-27(33)28-24-16-7-8-17-25(24)31-18-10-13-21-11-5-4-6-12-21/h4-9,11-12,14-17,19-20H,3,10,13,18H2,1-2H3,(H2,28,29,30,33). The van der Waals surface area contributed by atoms with E-state index in [1.807, 2.05) is 55.5 Å². The topological polar surface area (TPSA) is 59.6 Å². The minimum Gasteiger partial charge on any atom is -0.491 e. The second kappa shape index (κ2) is 12.6. The lowest BCUT2D eigenvalue weighted by atomic mass is 10.1. The summed E-state index contributed by atoms with van der Waals surface area (Å²) in [6, 6.07) is 24.9. The van der Waals surface area contributed by atoms with Crippen LogP contribution in [0.2, 0.25) is 0 Å². The molecule has 0 fully saturated rings. The molecule has 0 aliphatic rings. The van der Waals surface area contributed by atoms with Crippen molar-refractivity contribution in [1.82, 2.24) is 5.32 Å². The molecule has 0 saturated carbocycles. The molecule has 1 unspecified atom stereocenters. The fourth-order valence-corrected chi connectivity index (χ4v) is 3.36. The molecule has 3 aromatic carbocycles. The number of rotatable bonds is 10. The predicted molar refractivity (Wildman–Crippen MR) is 137 cm³/mol. The van der Waals surface area contributed by atoms with Gasteiger partial charge in [-0.1, -0.05) is 55.5 Å². The predicted octanol–water partition coefficient (Wildman–Crippen LogP) is 6.00. The lowest BCUT2D eigenvalue weighted by molar-refractivity contribution is 0.0977. The van der Waals surface area contributed by atoms with E-state index in [0.717, 1.165) is 19.3 Å². The minimum absolute atomic E-state index is 0.0789. The molecule has 0 saturated heterocycles. The van der Waals surface area contributed by atoms with Crippen LogP contribution in [0.5, 0.6) is 11.5 Å². The number of hydrogen-bond acceptors (Lipinski definition) is 4. The first-order chi connectivity index (χ1) is 16.0. The van der Waals surface area contributed by atoms with Crippen LogP contribution in [0.1, 0.15) is 42.6 Å². The smallest absolute Gasteiger partial charge is 0.257 e. The van der Waals surface area contributed by atoms with E-state index >= 15 is 0 Å². The number of carbonyl (C=O) groups excluding carboxylic acids is 1. The lowest BCUT2D eigenvalue weighted by Gasteiger charge is -2.15. The Morgan fingerprint density at radius 1 is 1.00 bits per heavy atom. The minimum atomic E-state index is -0.302. The molecule has 5 nitrogen and oxygen atoms in total. The molecule has 0 radical (unpaired) electrons. The van der Waals surface area contributed by atoms with Gasteiger partial charge >= 0.3 is 0 Å². The van der Waals surface area contributed by atoms with E-state index < -0.39 is 0 Å². The fourth-order valence-electron chi connectivity index (χ4n) is 3.15. The van der Waals surface area contributed by atoms with Crippen LogP contribution < -0.4 is 20.1 Å². The highest BCUT2D eigenvalue weighted by Crippen LogP contribution is 2.24. The van der Waals surface area contributed by atoms with E-state index in [9.17, 15) is 4.79 Å². The van der Waals surface area contributed by atoms with Crippen molar-refractivity contribution in [3.8, 4) is 11.5 Å². The van der Waals surface area contributed by atoms with Crippen molar-refractivity contribution < 1.29 is 14.3 Å². The van der Waals surface area contributed by atoms with Crippen LogP contribution in [0.4, 0.5) is 5.69 Å². The largest absolute Gasteiger partial charge is 0.491 e. The number of para-hydroxylation sites is 2. The number of hydrogen-bond donors (Lipinski definition) is 2. The number of ether oxygens (including phenoxy) is 2. The Kier molecular flexibility index (Phi) is 9.27. The Labute approximate surface area is 201 Å². The SMILES string of the molecule is CCC(C)Oc1cccc(C(=O)NC(=S)Nc2ccccc2OCCCc2ccccc2)c1. The molecule has 0 aliphatic heterocycles. The molecule has 6 heteroatoms. The summed E-state index contributed by atoms with van der Waals surface area (Å²) >= 11 is 5.36. The van der Waals surface area contributed by atoms with Crippen LogP contribution >= 0.6 is 12.2 Å². The van der Waals surface area contributed by atoms with E-state index in [1.54, 1.807) is 18.2 Å². The van der Waals surface area contributed by atoms with E-state index in [2.05, 4.69) is 29.7 Å². The Balaban J connectivity index is 1.53. The molecule has 172 valence electrons. The summed E-state index contributed by atoms with van der Waals surface area (Å²) in [4.78, 5) is 12.7. The van der Waals surface area contributed by atoms with Gasteiger partial charge in [-0.3, -0.25) is 10.1 Å². The second-order valence-corrected chi connectivity index (χ2v) is 8.11. The van der Waals surface area contributed by atoms with Gasteiger partial charge in [0.2, 0.25) is 0 Å². The van der Waals surface area contributed by atoms with Crippen LogP contribution in [-0.4, -0.2) is 23.7 Å². The number of carbonyl (C=O) groups is 1. The molecular weight excluding hydrogens is 432 g/mol. The van der Waals surface area contributed by atoms with Crippen molar-refractivity contribution >= 4 is 28.9 Å². The van der Waals surface area contributed by atoms with Gasteiger partial charge in [-0.05, 0) is 74.3 Å². The zero-order valence-corrected chi connectivity index (χ0v) is 19.9. The van der Waals surface area contributed by atoms with Crippen LogP contribution in [-0.2, 0) is 6.42 Å². The summed E-state index contributed by atoms with van der Waals surface area (Å²) < 4.78 is 11.8. The van der Waals surface area contributed by atoms with Crippen LogP contribution in [0.15, 0.2) is 78.9 Å². The molecule has 33 heavy (non-hydrogen) atoms. The van der Waals surface area contributed by atoms with Crippen molar-refractivity contribution in [1.29, 1.82) is 0 Å². The van der Waals surface area contributed by atoms with Gasteiger partial charge in [0.25, 0.3) is 5.91 Å². The number of amides is 1. The Bertz CT molecular complexity index is 1060. The van der Waals surface area contributed by atoms with Gasteiger partial charge in [-0.15, -0.1) is 0 Å². The van der Waals surface area contributed by atoms with E-state index in [4.69, 9.17) is 21.7 Å². The summed E-state index contributed by atoms with van der Waals surface area (Å²) in [7, 11) is 0. The van der Waals surface area contributed by atoms with Crippen molar-refractivity contribution in [3.05, 3.63) is 90.0 Å². The van der Waals surface area contributed by atoms with Gasteiger partial charge < -0.3 is 14.8 Å². The summed E-state index contributed by atoms with van der Waals surface area (Å²) in [5.74, 6) is 1.04. The Morgan fingerprint density at radius 3 is 2.55 bits per heavy atom. The van der Waals surface area contributed by atoms with E-state index in [1.165, 1.54) is 5.56 Å². The number of nitrogens with one attached hydrogen (secondary N) is 2. The Morgan fingerprint density at radius 2 is 1.76 bits per heavy atom. The number of aryl methyl sites for hydroxylation is 1. The lowest BCUT2D eigenvalue weighted by Crippen LogP contribution is -2.34. The second-order valence-electron chi connectivity index (χ2n) is 7.71. The molecule has 3 aromatic rings. The first-order valence-electron chi connectivity index (χ1n) is 11.2. The highest BCUT2D eigenvalue weighted by molar-refractivity contribution is 7.80. The van der Waals surface area contributed by atoms with Crippen LogP contribution in [0.3, 0.4) is 0 Å². The molecule has 0 bridgehead atoms. The van der Waals surface area contributed by atoms with E-state index in [-0.39, 0.29) is 17.1 Å². The molecular formula is C27H30N2O3S. The monoisotopic (exact) mass is 462 g/mol. The number of benzene rings is 3. The average Bonchev–Trinajstić information content (AvgIpc) is 2.83. The summed E-state index contributed by atoms with van der Waals surface area (Å²) in [6.45, 7) is 4.62. The number of thiocarbonyl (C=S) groups is 1. The molecule has 1 amide bonds. The number of anilines is 1. The van der Waals surface area contributed by atoms with Crippen molar-refractivity contribution in [2.75, 3.05) is 11.9 Å². The molecule has 0 spiro atoms. The zero-order chi connectivity index (χ0) is 23.5. The van der Waals surface area contributed by atoms with E-state index in [0.29, 0.717) is 29.4 Å². The normalized spacial score (nSPS) is 11.3. The first kappa shape index (κ1) is 24.3.